The van der Waals surface area contributed by atoms with Gasteiger partial charge in [0.05, 0.1) is 23.2 Å². The zero-order valence-corrected chi connectivity index (χ0v) is 7.30. The van der Waals surface area contributed by atoms with Crippen LogP contribution >= 0.6 is 11.8 Å². The van der Waals surface area contributed by atoms with E-state index in [2.05, 4.69) is 0 Å². The first-order valence-electron chi connectivity index (χ1n) is 3.29. The number of hydrogen-bond acceptors (Lipinski definition) is 6. The van der Waals surface area contributed by atoms with Crippen molar-refractivity contribution in [1.82, 2.24) is 0 Å². The third kappa shape index (κ3) is 3.10. The van der Waals surface area contributed by atoms with Crippen LogP contribution in [0.4, 0.5) is 0 Å². The molecule has 0 heterocycles. The van der Waals surface area contributed by atoms with Crippen molar-refractivity contribution in [3.8, 4) is 0 Å². The van der Waals surface area contributed by atoms with Crippen molar-refractivity contribution >= 4 is 23.7 Å². The summed E-state index contributed by atoms with van der Waals surface area (Å²) in [7, 11) is 0. The van der Waals surface area contributed by atoms with Gasteiger partial charge in [-0.05, 0) is 5.75 Å². The van der Waals surface area contributed by atoms with E-state index < -0.39 is 23.2 Å². The largest absolute Gasteiger partial charge is 0.549 e. The highest BCUT2D eigenvalue weighted by Gasteiger charge is 2.19. The highest BCUT2D eigenvalue weighted by atomic mass is 32.2. The van der Waals surface area contributed by atoms with Crippen molar-refractivity contribution < 1.29 is 19.8 Å². The van der Waals surface area contributed by atoms with Crippen molar-refractivity contribution in [2.75, 3.05) is 5.75 Å². The van der Waals surface area contributed by atoms with E-state index in [1.54, 1.807) is 6.92 Å². The molecule has 2 N–H and O–H groups in total. The molecule has 5 nitrogen and oxygen atoms in total. The van der Waals surface area contributed by atoms with Crippen LogP contribution in [0.1, 0.15) is 6.92 Å². The van der Waals surface area contributed by atoms with E-state index in [0.29, 0.717) is 5.75 Å². The van der Waals surface area contributed by atoms with Crippen LogP contribution in [0.15, 0.2) is 0 Å². The second-order valence-corrected chi connectivity index (χ2v) is 3.46. The van der Waals surface area contributed by atoms with Gasteiger partial charge in [0.25, 0.3) is 0 Å². The summed E-state index contributed by atoms with van der Waals surface area (Å²) in [5, 5.41) is 19.3. The van der Waals surface area contributed by atoms with E-state index in [-0.39, 0.29) is 0 Å². The van der Waals surface area contributed by atoms with Crippen molar-refractivity contribution in [2.45, 2.75) is 18.2 Å². The van der Waals surface area contributed by atoms with Gasteiger partial charge >= 0.3 is 0 Å². The molecule has 0 rings (SSSR count). The normalized spacial score (nSPS) is 15.2. The number of carboxylic acid groups (broad SMARTS) is 2. The molecule has 12 heavy (non-hydrogen) atoms. The number of carbonyl (C=O) groups excluding carboxylic acids is 2. The lowest BCUT2D eigenvalue weighted by Gasteiger charge is -2.24. The standard InChI is InChI=1S/C6H11NO4S/c1-2-12-4(6(10)11)3(7)5(8)9/h3-4H,2,7H2,1H3,(H,8,9)(H,10,11)/p-2. The molecule has 0 saturated heterocycles. The Bertz CT molecular complexity index is 184. The van der Waals surface area contributed by atoms with Crippen LogP contribution < -0.4 is 15.9 Å². The minimum absolute atomic E-state index is 0.458. The molecule has 70 valence electrons. The van der Waals surface area contributed by atoms with E-state index in [9.17, 15) is 19.8 Å². The smallest absolute Gasteiger partial charge is 0.0647 e. The number of carboxylic acids is 2. The first kappa shape index (κ1) is 11.2. The summed E-state index contributed by atoms with van der Waals surface area (Å²) in [6, 6.07) is -1.51. The van der Waals surface area contributed by atoms with Crippen molar-refractivity contribution in [3.63, 3.8) is 0 Å². The monoisotopic (exact) mass is 191 g/mol. The molecule has 0 amide bonds. The Balaban J connectivity index is 4.28. The Morgan fingerprint density at radius 2 is 1.92 bits per heavy atom. The maximum atomic E-state index is 10.3. The lowest BCUT2D eigenvalue weighted by Crippen LogP contribution is -2.54. The average Bonchev–Trinajstić information content (AvgIpc) is 1.98. The fourth-order valence-electron chi connectivity index (χ4n) is 0.621. The molecule has 0 aromatic heterocycles. The van der Waals surface area contributed by atoms with Crippen molar-refractivity contribution in [2.24, 2.45) is 5.73 Å². The highest BCUT2D eigenvalue weighted by molar-refractivity contribution is 8.00. The first-order chi connectivity index (χ1) is 5.50. The molecule has 0 aromatic rings. The number of thioether (sulfide) groups is 1. The van der Waals surface area contributed by atoms with Crippen LogP contribution in [0, 0.1) is 0 Å². The summed E-state index contributed by atoms with van der Waals surface area (Å²) in [4.78, 5) is 20.5. The predicted octanol–water partition coefficient (Wildman–Crippen LogP) is -3.06. The zero-order valence-electron chi connectivity index (χ0n) is 6.48. The second-order valence-electron chi connectivity index (χ2n) is 2.04. The van der Waals surface area contributed by atoms with Gasteiger partial charge in [0.15, 0.2) is 0 Å². The Labute approximate surface area is 73.9 Å². The summed E-state index contributed by atoms with van der Waals surface area (Å²) < 4.78 is 0. The lowest BCUT2D eigenvalue weighted by molar-refractivity contribution is -0.315. The van der Waals surface area contributed by atoms with Gasteiger partial charge in [-0.3, -0.25) is 0 Å². The molecular weight excluding hydrogens is 182 g/mol. The van der Waals surface area contributed by atoms with E-state index in [0.717, 1.165) is 11.8 Å². The molecule has 0 bridgehead atoms. The second kappa shape index (κ2) is 5.00. The van der Waals surface area contributed by atoms with Gasteiger partial charge < -0.3 is 25.5 Å². The fourth-order valence-corrected chi connectivity index (χ4v) is 1.44. The van der Waals surface area contributed by atoms with Crippen LogP contribution in [0.25, 0.3) is 0 Å². The Morgan fingerprint density at radius 1 is 1.42 bits per heavy atom. The van der Waals surface area contributed by atoms with E-state index in [4.69, 9.17) is 5.73 Å². The molecule has 0 aliphatic carbocycles. The maximum Gasteiger partial charge on any atom is 0.0647 e. The minimum atomic E-state index is -1.58. The van der Waals surface area contributed by atoms with Crippen LogP contribution in [0.2, 0.25) is 0 Å². The number of rotatable bonds is 5. The Hall–Kier alpha value is -0.750. The Morgan fingerprint density at radius 3 is 2.17 bits per heavy atom. The van der Waals surface area contributed by atoms with Crippen LogP contribution in [-0.2, 0) is 9.59 Å². The van der Waals surface area contributed by atoms with Gasteiger partial charge in [0, 0.05) is 0 Å². The van der Waals surface area contributed by atoms with Crippen molar-refractivity contribution in [1.29, 1.82) is 0 Å². The zero-order chi connectivity index (χ0) is 9.72. The van der Waals surface area contributed by atoms with Crippen LogP contribution in [0.5, 0.6) is 0 Å². The molecule has 6 heteroatoms. The number of hydrogen-bond donors (Lipinski definition) is 1. The maximum absolute atomic E-state index is 10.3. The van der Waals surface area contributed by atoms with E-state index in [1.807, 2.05) is 0 Å². The SMILES string of the molecule is CCSC(C(=O)[O-])C(N)C(=O)[O-]. The van der Waals surface area contributed by atoms with Crippen LogP contribution in [0.3, 0.4) is 0 Å². The number of nitrogens with two attached hydrogens (primary N) is 1. The minimum Gasteiger partial charge on any atom is -0.549 e. The van der Waals surface area contributed by atoms with Gasteiger partial charge in [-0.2, -0.15) is 11.8 Å². The summed E-state index contributed by atoms with van der Waals surface area (Å²) in [5.41, 5.74) is 5.04. The molecule has 2 atom stereocenters. The Kier molecular flexibility index (Phi) is 4.68. The van der Waals surface area contributed by atoms with Gasteiger partial charge in [-0.25, -0.2) is 0 Å². The van der Waals surface area contributed by atoms with E-state index >= 15 is 0 Å². The summed E-state index contributed by atoms with van der Waals surface area (Å²) >= 11 is 0.913. The first-order valence-corrected chi connectivity index (χ1v) is 4.34. The molecular formula is C6H9NO4S-2. The topological polar surface area (TPSA) is 106 Å². The van der Waals surface area contributed by atoms with E-state index in [1.165, 1.54) is 0 Å². The molecule has 0 saturated carbocycles. The number of carbonyl (C=O) groups is 2. The quantitative estimate of drug-likeness (QED) is 0.494. The van der Waals surface area contributed by atoms with Gasteiger partial charge in [0.2, 0.25) is 0 Å². The summed E-state index contributed by atoms with van der Waals surface area (Å²) in [6.07, 6.45) is 0. The third-order valence-electron chi connectivity index (χ3n) is 1.18. The number of aliphatic carboxylic acids is 2. The van der Waals surface area contributed by atoms with Gasteiger partial charge in [-0.15, -0.1) is 0 Å². The molecule has 0 aliphatic heterocycles. The summed E-state index contributed by atoms with van der Waals surface area (Å²) in [6.45, 7) is 1.70. The summed E-state index contributed by atoms with van der Waals surface area (Å²) in [5.74, 6) is -2.59. The molecule has 2 unspecified atom stereocenters. The van der Waals surface area contributed by atoms with Gasteiger partial charge in [0.1, 0.15) is 0 Å². The molecule has 0 radical (unpaired) electrons. The highest BCUT2D eigenvalue weighted by Crippen LogP contribution is 2.12. The van der Waals surface area contributed by atoms with Crippen LogP contribution in [-0.4, -0.2) is 29.0 Å². The molecule has 0 fully saturated rings. The fraction of sp³-hybridized carbons (Fsp3) is 0.667. The average molecular weight is 191 g/mol. The lowest BCUT2D eigenvalue weighted by atomic mass is 10.2. The molecule has 0 aromatic carbocycles. The third-order valence-corrected chi connectivity index (χ3v) is 2.35. The van der Waals surface area contributed by atoms with Crippen molar-refractivity contribution in [3.05, 3.63) is 0 Å². The van der Waals surface area contributed by atoms with Gasteiger partial charge in [-0.1, -0.05) is 6.92 Å². The predicted molar refractivity (Wildman–Crippen MR) is 39.9 cm³/mol. The molecule has 0 spiro atoms. The molecule has 0 aliphatic rings.